The normalized spacial score (nSPS) is 14.6. The van der Waals surface area contributed by atoms with Gasteiger partial charge in [0.2, 0.25) is 11.5 Å². The number of aliphatic hydroxyl groups is 1. The Morgan fingerprint density at radius 1 is 1.14 bits per heavy atom. The van der Waals surface area contributed by atoms with Crippen molar-refractivity contribution in [1.29, 1.82) is 0 Å². The molecule has 4 rings (SSSR count). The SMILES string of the molecule is CN(/C=C/C(OC(=O)C(O)(c1cccs1)c1cccs1)C1CCC1)CCC(=O)Nc1ccc(C=O)cc1. The number of nitrogens with zero attached hydrogens (tertiary/aromatic N) is 1. The smallest absolute Gasteiger partial charge is 0.350 e. The van der Waals surface area contributed by atoms with Crippen LogP contribution in [0.3, 0.4) is 0 Å². The number of hydrogen-bond donors (Lipinski definition) is 2. The number of benzene rings is 1. The van der Waals surface area contributed by atoms with Crippen molar-refractivity contribution >= 4 is 46.5 Å². The van der Waals surface area contributed by atoms with Crippen LogP contribution in [-0.4, -0.2) is 47.9 Å². The highest BCUT2D eigenvalue weighted by Gasteiger charge is 2.45. The van der Waals surface area contributed by atoms with Gasteiger partial charge in [0.25, 0.3) is 0 Å². The minimum absolute atomic E-state index is 0.141. The van der Waals surface area contributed by atoms with Gasteiger partial charge in [-0.05, 0) is 78.2 Å². The summed E-state index contributed by atoms with van der Waals surface area (Å²) >= 11 is 2.64. The molecule has 0 spiro atoms. The van der Waals surface area contributed by atoms with Crippen molar-refractivity contribution in [3.05, 3.63) is 86.9 Å². The maximum absolute atomic E-state index is 13.4. The molecule has 0 aliphatic heterocycles. The van der Waals surface area contributed by atoms with E-state index < -0.39 is 17.7 Å². The maximum Gasteiger partial charge on any atom is 0.350 e. The zero-order valence-corrected chi connectivity index (χ0v) is 22.2. The number of esters is 1. The minimum atomic E-state index is -1.84. The molecule has 1 unspecified atom stereocenters. The molecule has 2 aromatic heterocycles. The van der Waals surface area contributed by atoms with Crippen LogP contribution in [-0.2, 0) is 19.9 Å². The third-order valence-electron chi connectivity index (χ3n) is 6.46. The minimum Gasteiger partial charge on any atom is -0.455 e. The molecular formula is C28H30N2O5S2. The molecule has 2 heterocycles. The summed E-state index contributed by atoms with van der Waals surface area (Å²) in [6, 6.07) is 13.8. The van der Waals surface area contributed by atoms with Crippen molar-refractivity contribution in [1.82, 2.24) is 4.90 Å². The molecule has 1 fully saturated rings. The number of hydrogen-bond acceptors (Lipinski definition) is 8. The summed E-state index contributed by atoms with van der Waals surface area (Å²) in [5.74, 6) is -0.623. The van der Waals surface area contributed by atoms with E-state index in [4.69, 9.17) is 4.74 Å². The highest BCUT2D eigenvalue weighted by atomic mass is 32.1. The van der Waals surface area contributed by atoms with Crippen LogP contribution in [0.5, 0.6) is 0 Å². The summed E-state index contributed by atoms with van der Waals surface area (Å²) < 4.78 is 5.95. The van der Waals surface area contributed by atoms with Crippen LogP contribution >= 0.6 is 22.7 Å². The van der Waals surface area contributed by atoms with Crippen molar-refractivity contribution < 1.29 is 24.2 Å². The molecule has 1 aromatic carbocycles. The van der Waals surface area contributed by atoms with Gasteiger partial charge in [-0.15, -0.1) is 22.7 Å². The first-order chi connectivity index (χ1) is 17.9. The number of ether oxygens (including phenoxy) is 1. The molecule has 1 atom stereocenters. The number of carbonyl (C=O) groups excluding carboxylic acids is 3. The Bertz CT molecular complexity index is 1170. The maximum atomic E-state index is 13.4. The molecule has 1 amide bonds. The predicted molar refractivity (Wildman–Crippen MR) is 146 cm³/mol. The number of rotatable bonds is 12. The summed E-state index contributed by atoms with van der Waals surface area (Å²) in [4.78, 5) is 39.4. The summed E-state index contributed by atoms with van der Waals surface area (Å²) in [7, 11) is 1.86. The van der Waals surface area contributed by atoms with Crippen molar-refractivity contribution in [2.45, 2.75) is 37.4 Å². The van der Waals surface area contributed by atoms with E-state index in [1.807, 2.05) is 35.0 Å². The molecular weight excluding hydrogens is 508 g/mol. The highest BCUT2D eigenvalue weighted by molar-refractivity contribution is 7.12. The standard InChI is InChI=1S/C28H30N2O5S2/c1-30(16-14-26(32)29-22-11-9-20(19-31)10-12-22)15-13-23(21-5-2-6-21)35-27(33)28(34,24-7-3-17-36-24)25-8-4-18-37-25/h3-4,7-13,15,17-19,21,23,34H,2,5-6,14,16H2,1H3,(H,29,32)/b15-13+. The molecule has 0 saturated heterocycles. The Hall–Kier alpha value is -3.27. The van der Waals surface area contributed by atoms with Crippen LogP contribution in [0.2, 0.25) is 0 Å². The Kier molecular flexibility index (Phi) is 8.91. The number of anilines is 1. The van der Waals surface area contributed by atoms with E-state index >= 15 is 0 Å². The molecule has 7 nitrogen and oxygen atoms in total. The van der Waals surface area contributed by atoms with Gasteiger partial charge < -0.3 is 20.1 Å². The van der Waals surface area contributed by atoms with Crippen LogP contribution in [0.15, 0.2) is 71.6 Å². The topological polar surface area (TPSA) is 95.9 Å². The average Bonchev–Trinajstić information content (AvgIpc) is 3.60. The van der Waals surface area contributed by atoms with E-state index in [-0.39, 0.29) is 18.2 Å². The van der Waals surface area contributed by atoms with Crippen LogP contribution in [0.25, 0.3) is 0 Å². The van der Waals surface area contributed by atoms with Crippen LogP contribution < -0.4 is 5.32 Å². The molecule has 9 heteroatoms. The summed E-state index contributed by atoms with van der Waals surface area (Å²) in [6.07, 6.45) is 7.21. The molecule has 1 aliphatic rings. The third kappa shape index (κ3) is 6.54. The highest BCUT2D eigenvalue weighted by Crippen LogP contribution is 2.39. The van der Waals surface area contributed by atoms with E-state index in [9.17, 15) is 19.5 Å². The lowest BCUT2D eigenvalue weighted by molar-refractivity contribution is -0.168. The summed E-state index contributed by atoms with van der Waals surface area (Å²) in [5.41, 5.74) is -0.657. The molecule has 194 valence electrons. The Balaban J connectivity index is 1.37. The molecule has 37 heavy (non-hydrogen) atoms. The van der Waals surface area contributed by atoms with E-state index in [0.717, 1.165) is 25.5 Å². The van der Waals surface area contributed by atoms with Crippen molar-refractivity contribution in [2.24, 2.45) is 5.92 Å². The van der Waals surface area contributed by atoms with Crippen LogP contribution in [0.4, 0.5) is 5.69 Å². The molecule has 1 saturated carbocycles. The largest absolute Gasteiger partial charge is 0.455 e. The predicted octanol–water partition coefficient (Wildman–Crippen LogP) is 5.04. The molecule has 1 aliphatic carbocycles. The third-order valence-corrected chi connectivity index (χ3v) is 8.42. The monoisotopic (exact) mass is 538 g/mol. The van der Waals surface area contributed by atoms with Gasteiger partial charge in [0, 0.05) is 31.3 Å². The number of carbonyl (C=O) groups is 3. The van der Waals surface area contributed by atoms with E-state index in [0.29, 0.717) is 27.5 Å². The van der Waals surface area contributed by atoms with Gasteiger partial charge in [-0.2, -0.15) is 0 Å². The van der Waals surface area contributed by atoms with Gasteiger partial charge in [0.15, 0.2) is 0 Å². The number of amides is 1. The van der Waals surface area contributed by atoms with Gasteiger partial charge in [-0.1, -0.05) is 18.6 Å². The lowest BCUT2D eigenvalue weighted by atomic mass is 9.81. The first-order valence-corrected chi connectivity index (χ1v) is 13.9. The van der Waals surface area contributed by atoms with Gasteiger partial charge in [0.05, 0.1) is 9.75 Å². The Morgan fingerprint density at radius 3 is 2.30 bits per heavy atom. The second-order valence-corrected chi connectivity index (χ2v) is 11.0. The number of thiophene rings is 2. The van der Waals surface area contributed by atoms with Crippen molar-refractivity contribution in [3.63, 3.8) is 0 Å². The van der Waals surface area contributed by atoms with E-state index in [1.165, 1.54) is 22.7 Å². The zero-order valence-electron chi connectivity index (χ0n) is 20.5. The van der Waals surface area contributed by atoms with Crippen LogP contribution in [0.1, 0.15) is 45.8 Å². The quantitative estimate of drug-likeness (QED) is 0.248. The average molecular weight is 539 g/mol. The Morgan fingerprint density at radius 2 is 1.78 bits per heavy atom. The summed E-state index contributed by atoms with van der Waals surface area (Å²) in [6.45, 7) is 0.467. The number of nitrogens with one attached hydrogen (secondary N) is 1. The fourth-order valence-electron chi connectivity index (χ4n) is 4.01. The first kappa shape index (κ1) is 26.8. The molecule has 2 N–H and O–H groups in total. The molecule has 3 aromatic rings. The van der Waals surface area contributed by atoms with E-state index in [1.54, 1.807) is 48.5 Å². The molecule has 0 radical (unpaired) electrons. The van der Waals surface area contributed by atoms with Crippen LogP contribution in [0, 0.1) is 5.92 Å². The van der Waals surface area contributed by atoms with Gasteiger partial charge in [-0.25, -0.2) is 4.79 Å². The van der Waals surface area contributed by atoms with Gasteiger partial charge in [-0.3, -0.25) is 9.59 Å². The first-order valence-electron chi connectivity index (χ1n) is 12.1. The molecule has 0 bridgehead atoms. The van der Waals surface area contributed by atoms with Gasteiger partial charge in [0.1, 0.15) is 12.4 Å². The second-order valence-electron chi connectivity index (χ2n) is 9.09. The van der Waals surface area contributed by atoms with Gasteiger partial charge >= 0.3 is 5.97 Å². The lowest BCUT2D eigenvalue weighted by Gasteiger charge is -2.34. The second kappa shape index (κ2) is 12.3. The lowest BCUT2D eigenvalue weighted by Crippen LogP contribution is -2.41. The summed E-state index contributed by atoms with van der Waals surface area (Å²) in [5, 5.41) is 18.0. The Labute approximate surface area is 224 Å². The number of aldehydes is 1. The fourth-order valence-corrected chi connectivity index (χ4v) is 5.73. The van der Waals surface area contributed by atoms with Crippen molar-refractivity contribution in [2.75, 3.05) is 18.9 Å². The van der Waals surface area contributed by atoms with Crippen molar-refractivity contribution in [3.8, 4) is 0 Å². The van der Waals surface area contributed by atoms with E-state index in [2.05, 4.69) is 5.32 Å². The fraction of sp³-hybridized carbons (Fsp3) is 0.321. The zero-order chi connectivity index (χ0) is 26.3.